The summed E-state index contributed by atoms with van der Waals surface area (Å²) in [4.78, 5) is 2.46. The smallest absolute Gasteiger partial charge is 0.137 e. The van der Waals surface area contributed by atoms with Gasteiger partial charge in [0, 0.05) is 32.2 Å². The van der Waals surface area contributed by atoms with Crippen molar-refractivity contribution >= 4 is 40.7 Å². The van der Waals surface area contributed by atoms with E-state index in [0.717, 1.165) is 31.7 Å². The summed E-state index contributed by atoms with van der Waals surface area (Å²) in [6.45, 7) is 10.7. The number of rotatable bonds is 2. The number of halogens is 4. The van der Waals surface area contributed by atoms with Crippen LogP contribution in [0.1, 0.15) is 32.4 Å². The first-order valence-electron chi connectivity index (χ1n) is 6.79. The van der Waals surface area contributed by atoms with Crippen LogP contribution in [0.5, 0.6) is 0 Å². The van der Waals surface area contributed by atoms with E-state index >= 15 is 0 Å². The predicted octanol–water partition coefficient (Wildman–Crippen LogP) is 4.42. The Labute approximate surface area is 147 Å². The fourth-order valence-corrected chi connectivity index (χ4v) is 3.13. The molecule has 21 heavy (non-hydrogen) atoms. The molecular formula is C15H24BrCl2FN2. The first-order chi connectivity index (χ1) is 8.89. The lowest BCUT2D eigenvalue weighted by atomic mass is 9.81. The molecule has 0 unspecified atom stereocenters. The van der Waals surface area contributed by atoms with Crippen molar-refractivity contribution in [2.45, 2.75) is 26.8 Å². The molecule has 2 rings (SSSR count). The number of hydrogen-bond acceptors (Lipinski definition) is 2. The summed E-state index contributed by atoms with van der Waals surface area (Å²) in [7, 11) is 0. The third-order valence-electron chi connectivity index (χ3n) is 3.60. The molecule has 1 saturated heterocycles. The minimum Gasteiger partial charge on any atom is -0.314 e. The Morgan fingerprint density at radius 3 is 2.24 bits per heavy atom. The van der Waals surface area contributed by atoms with Gasteiger partial charge in [-0.15, -0.1) is 24.8 Å². The van der Waals surface area contributed by atoms with Crippen LogP contribution in [-0.2, 0) is 0 Å². The van der Waals surface area contributed by atoms with Gasteiger partial charge >= 0.3 is 0 Å². The average molecular weight is 402 g/mol. The van der Waals surface area contributed by atoms with Crippen LogP contribution in [0.4, 0.5) is 4.39 Å². The second kappa shape index (κ2) is 8.68. The molecule has 0 aliphatic carbocycles. The van der Waals surface area contributed by atoms with Gasteiger partial charge in [-0.05, 0) is 39.0 Å². The maximum atomic E-state index is 13.8. The SMILES string of the molecule is CC(C)(C)[C@H](c1ccc(Br)c(F)c1)N1CCNCC1.Cl.Cl. The summed E-state index contributed by atoms with van der Waals surface area (Å²) in [6.07, 6.45) is 0. The van der Waals surface area contributed by atoms with Gasteiger partial charge in [-0.1, -0.05) is 26.8 Å². The van der Waals surface area contributed by atoms with Crippen LogP contribution >= 0.6 is 40.7 Å². The van der Waals surface area contributed by atoms with Crippen molar-refractivity contribution in [3.05, 3.63) is 34.1 Å². The Balaban J connectivity index is 0.00000200. The summed E-state index contributed by atoms with van der Waals surface area (Å²) in [6, 6.07) is 5.76. The molecule has 1 aromatic carbocycles. The van der Waals surface area contributed by atoms with Crippen molar-refractivity contribution in [2.24, 2.45) is 5.41 Å². The topological polar surface area (TPSA) is 15.3 Å². The molecule has 0 spiro atoms. The Kier molecular flexibility index (Phi) is 8.74. The standard InChI is InChI=1S/C15H22BrFN2.2ClH/c1-15(2,3)14(19-8-6-18-7-9-19)11-4-5-12(16)13(17)10-11;;/h4-5,10,14,18H,6-9H2,1-3H3;2*1H/t14-;;/m0../s1. The van der Waals surface area contributed by atoms with Crippen LogP contribution in [0, 0.1) is 11.2 Å². The van der Waals surface area contributed by atoms with Crippen LogP contribution < -0.4 is 5.32 Å². The molecule has 122 valence electrons. The Morgan fingerprint density at radius 1 is 1.19 bits per heavy atom. The number of benzene rings is 1. The lowest BCUT2D eigenvalue weighted by Gasteiger charge is -2.42. The Bertz CT molecular complexity index is 446. The second-order valence-electron chi connectivity index (χ2n) is 6.23. The van der Waals surface area contributed by atoms with Crippen molar-refractivity contribution in [2.75, 3.05) is 26.2 Å². The zero-order valence-electron chi connectivity index (χ0n) is 12.7. The third kappa shape index (κ3) is 5.36. The van der Waals surface area contributed by atoms with E-state index in [1.165, 1.54) is 0 Å². The van der Waals surface area contributed by atoms with Gasteiger partial charge in [0.05, 0.1) is 4.47 Å². The lowest BCUT2D eigenvalue weighted by Crippen LogP contribution is -2.48. The van der Waals surface area contributed by atoms with Gasteiger partial charge in [-0.2, -0.15) is 0 Å². The number of hydrogen-bond donors (Lipinski definition) is 1. The van der Waals surface area contributed by atoms with E-state index in [4.69, 9.17) is 0 Å². The Hall–Kier alpha value is 0.130. The summed E-state index contributed by atoms with van der Waals surface area (Å²) >= 11 is 3.23. The number of nitrogens with one attached hydrogen (secondary N) is 1. The van der Waals surface area contributed by atoms with Crippen molar-refractivity contribution < 1.29 is 4.39 Å². The highest BCUT2D eigenvalue weighted by Gasteiger charge is 2.32. The van der Waals surface area contributed by atoms with Gasteiger partial charge in [0.1, 0.15) is 5.82 Å². The second-order valence-corrected chi connectivity index (χ2v) is 7.08. The maximum Gasteiger partial charge on any atom is 0.137 e. The van der Waals surface area contributed by atoms with Crippen LogP contribution in [0.3, 0.4) is 0 Å². The molecule has 1 aliphatic rings. The van der Waals surface area contributed by atoms with E-state index in [9.17, 15) is 4.39 Å². The molecule has 1 heterocycles. The summed E-state index contributed by atoms with van der Waals surface area (Å²) in [5.41, 5.74) is 1.15. The van der Waals surface area contributed by atoms with Gasteiger partial charge in [0.25, 0.3) is 0 Å². The first kappa shape index (κ1) is 21.1. The first-order valence-corrected chi connectivity index (χ1v) is 7.58. The van der Waals surface area contributed by atoms with Gasteiger partial charge in [0.2, 0.25) is 0 Å². The van der Waals surface area contributed by atoms with E-state index in [2.05, 4.69) is 46.9 Å². The minimum atomic E-state index is -0.179. The van der Waals surface area contributed by atoms with Crippen LogP contribution in [0.2, 0.25) is 0 Å². The molecule has 1 N–H and O–H groups in total. The average Bonchev–Trinajstić information content (AvgIpc) is 2.34. The summed E-state index contributed by atoms with van der Waals surface area (Å²) in [5, 5.41) is 3.37. The normalized spacial score (nSPS) is 17.6. The van der Waals surface area contributed by atoms with E-state index in [1.807, 2.05) is 12.1 Å². The fourth-order valence-electron chi connectivity index (χ4n) is 2.88. The fraction of sp³-hybridized carbons (Fsp3) is 0.600. The monoisotopic (exact) mass is 400 g/mol. The maximum absolute atomic E-state index is 13.8. The highest BCUT2D eigenvalue weighted by Crippen LogP contribution is 2.38. The molecule has 1 aliphatic heterocycles. The highest BCUT2D eigenvalue weighted by molar-refractivity contribution is 9.10. The van der Waals surface area contributed by atoms with E-state index in [-0.39, 0.29) is 42.1 Å². The van der Waals surface area contributed by atoms with Crippen molar-refractivity contribution in [3.8, 4) is 0 Å². The van der Waals surface area contributed by atoms with E-state index < -0.39 is 0 Å². The van der Waals surface area contributed by atoms with E-state index in [0.29, 0.717) is 4.47 Å². The molecule has 1 fully saturated rings. The minimum absolute atomic E-state index is 0. The molecule has 2 nitrogen and oxygen atoms in total. The van der Waals surface area contributed by atoms with Gasteiger partial charge < -0.3 is 5.32 Å². The molecule has 1 atom stereocenters. The molecule has 0 aromatic heterocycles. The molecular weight excluding hydrogens is 378 g/mol. The predicted molar refractivity (Wildman–Crippen MR) is 95.2 cm³/mol. The third-order valence-corrected chi connectivity index (χ3v) is 4.24. The van der Waals surface area contributed by atoms with Crippen molar-refractivity contribution in [1.29, 1.82) is 0 Å². The van der Waals surface area contributed by atoms with E-state index in [1.54, 1.807) is 6.07 Å². The molecule has 6 heteroatoms. The van der Waals surface area contributed by atoms with Gasteiger partial charge in [-0.3, -0.25) is 4.90 Å². The number of piperazine rings is 1. The molecule has 0 bridgehead atoms. The lowest BCUT2D eigenvalue weighted by molar-refractivity contribution is 0.0860. The summed E-state index contributed by atoms with van der Waals surface area (Å²) < 4.78 is 14.3. The van der Waals surface area contributed by atoms with Gasteiger partial charge in [-0.25, -0.2) is 4.39 Å². The van der Waals surface area contributed by atoms with Crippen LogP contribution in [0.15, 0.2) is 22.7 Å². The van der Waals surface area contributed by atoms with Crippen LogP contribution in [0.25, 0.3) is 0 Å². The van der Waals surface area contributed by atoms with Crippen molar-refractivity contribution in [3.63, 3.8) is 0 Å². The van der Waals surface area contributed by atoms with Crippen molar-refractivity contribution in [1.82, 2.24) is 10.2 Å². The molecule has 0 radical (unpaired) electrons. The van der Waals surface area contributed by atoms with Crippen LogP contribution in [-0.4, -0.2) is 31.1 Å². The quantitative estimate of drug-likeness (QED) is 0.788. The highest BCUT2D eigenvalue weighted by atomic mass is 79.9. The van der Waals surface area contributed by atoms with Gasteiger partial charge in [0.15, 0.2) is 0 Å². The Morgan fingerprint density at radius 2 is 1.76 bits per heavy atom. The zero-order chi connectivity index (χ0) is 14.0. The largest absolute Gasteiger partial charge is 0.314 e. The molecule has 0 saturated carbocycles. The summed E-state index contributed by atoms with van der Waals surface area (Å²) in [5.74, 6) is -0.179. The molecule has 1 aromatic rings. The number of nitrogens with zero attached hydrogens (tertiary/aromatic N) is 1. The zero-order valence-corrected chi connectivity index (χ0v) is 15.9. The molecule has 0 amide bonds.